The predicted octanol–water partition coefficient (Wildman–Crippen LogP) is 1.41. The van der Waals surface area contributed by atoms with Crippen molar-refractivity contribution in [3.8, 4) is 0 Å². The summed E-state index contributed by atoms with van der Waals surface area (Å²) in [6, 6.07) is 0. The lowest BCUT2D eigenvalue weighted by Crippen LogP contribution is -2.22. The van der Waals surface area contributed by atoms with Crippen molar-refractivity contribution in [2.75, 3.05) is 26.4 Å². The van der Waals surface area contributed by atoms with E-state index in [4.69, 9.17) is 17.3 Å². The van der Waals surface area contributed by atoms with Crippen LogP contribution in [0.1, 0.15) is 20.8 Å². The average Bonchev–Trinajstić information content (AvgIpc) is 1.97. The van der Waals surface area contributed by atoms with Crippen molar-refractivity contribution in [2.45, 2.75) is 26.1 Å². The molecule has 64 valence electrons. The molecule has 2 nitrogen and oxygen atoms in total. The fourth-order valence-corrected chi connectivity index (χ4v) is 0.712. The average molecular weight is 156 g/mol. The van der Waals surface area contributed by atoms with Crippen molar-refractivity contribution in [1.29, 1.82) is 0 Å². The van der Waals surface area contributed by atoms with Crippen LogP contribution in [-0.2, 0) is 9.47 Å². The number of ether oxygens (including phenoxy) is 2. The standard InChI is InChI=1S/C8H17BO2/c1-4-10-6-8(3,9)7-11-5-2/h4-7H2,1-3H3. The lowest BCUT2D eigenvalue weighted by molar-refractivity contribution is 0.0634. The molecule has 0 aliphatic carbocycles. The SMILES string of the molecule is [B]C(C)(COCC)COCC. The molecule has 11 heavy (non-hydrogen) atoms. The highest BCUT2D eigenvalue weighted by molar-refractivity contribution is 6.15. The third kappa shape index (κ3) is 6.39. The first kappa shape index (κ1) is 11.0. The van der Waals surface area contributed by atoms with Gasteiger partial charge in [0.15, 0.2) is 0 Å². The first-order chi connectivity index (χ1) is 5.12. The lowest BCUT2D eigenvalue weighted by Gasteiger charge is -2.23. The fourth-order valence-electron chi connectivity index (χ4n) is 0.712. The van der Waals surface area contributed by atoms with Crippen LogP contribution in [0.15, 0.2) is 0 Å². The van der Waals surface area contributed by atoms with Crippen molar-refractivity contribution in [1.82, 2.24) is 0 Å². The Labute approximate surface area is 70.7 Å². The van der Waals surface area contributed by atoms with Gasteiger partial charge in [-0.2, -0.15) is 0 Å². The summed E-state index contributed by atoms with van der Waals surface area (Å²) in [4.78, 5) is 0. The van der Waals surface area contributed by atoms with Crippen LogP contribution in [0.5, 0.6) is 0 Å². The summed E-state index contributed by atoms with van der Waals surface area (Å²) >= 11 is 0. The van der Waals surface area contributed by atoms with Gasteiger partial charge in [-0.05, 0) is 19.2 Å². The zero-order valence-corrected chi connectivity index (χ0v) is 7.72. The first-order valence-corrected chi connectivity index (χ1v) is 4.06. The smallest absolute Gasteiger partial charge is 0.0805 e. The summed E-state index contributed by atoms with van der Waals surface area (Å²) < 4.78 is 10.4. The molecule has 0 rings (SSSR count). The zero-order chi connectivity index (χ0) is 8.74. The van der Waals surface area contributed by atoms with Gasteiger partial charge < -0.3 is 9.47 Å². The third-order valence-corrected chi connectivity index (χ3v) is 1.27. The Hall–Kier alpha value is -0.0151. The number of rotatable bonds is 6. The Morgan fingerprint density at radius 2 is 1.45 bits per heavy atom. The van der Waals surface area contributed by atoms with E-state index in [1.807, 2.05) is 20.8 Å². The molecule has 0 atom stereocenters. The van der Waals surface area contributed by atoms with E-state index < -0.39 is 0 Å². The molecule has 0 fully saturated rings. The summed E-state index contributed by atoms with van der Waals surface area (Å²) in [6.45, 7) is 8.37. The lowest BCUT2D eigenvalue weighted by atomic mass is 9.72. The van der Waals surface area contributed by atoms with Gasteiger partial charge in [0, 0.05) is 26.4 Å². The van der Waals surface area contributed by atoms with E-state index in [1.54, 1.807) is 0 Å². The number of hydrogen-bond donors (Lipinski definition) is 0. The summed E-state index contributed by atoms with van der Waals surface area (Å²) in [5.41, 5.74) is 0. The molecule has 0 saturated carbocycles. The molecular weight excluding hydrogens is 139 g/mol. The van der Waals surface area contributed by atoms with Crippen molar-refractivity contribution in [2.24, 2.45) is 0 Å². The molecule has 0 unspecified atom stereocenters. The minimum Gasteiger partial charge on any atom is -0.382 e. The minimum atomic E-state index is -0.341. The van der Waals surface area contributed by atoms with E-state index in [1.165, 1.54) is 0 Å². The molecule has 2 radical (unpaired) electrons. The molecule has 0 aliphatic heterocycles. The molecule has 0 aromatic rings. The monoisotopic (exact) mass is 156 g/mol. The molecule has 3 heteroatoms. The highest BCUT2D eigenvalue weighted by Gasteiger charge is 2.16. The van der Waals surface area contributed by atoms with E-state index in [0.717, 1.165) is 0 Å². The molecule has 0 bridgehead atoms. The Kier molecular flexibility index (Phi) is 5.60. The van der Waals surface area contributed by atoms with Gasteiger partial charge in [-0.1, -0.05) is 6.92 Å². The summed E-state index contributed by atoms with van der Waals surface area (Å²) in [7, 11) is 5.84. The van der Waals surface area contributed by atoms with E-state index in [0.29, 0.717) is 26.4 Å². The van der Waals surface area contributed by atoms with Gasteiger partial charge >= 0.3 is 0 Å². The topological polar surface area (TPSA) is 18.5 Å². The molecule has 0 aromatic heterocycles. The van der Waals surface area contributed by atoms with Crippen LogP contribution in [0, 0.1) is 0 Å². The molecule has 0 saturated heterocycles. The molecular formula is C8H17BO2. The maximum atomic E-state index is 5.84. The number of hydrogen-bond acceptors (Lipinski definition) is 2. The van der Waals surface area contributed by atoms with Crippen LogP contribution < -0.4 is 0 Å². The summed E-state index contributed by atoms with van der Waals surface area (Å²) in [5.74, 6) is 0. The van der Waals surface area contributed by atoms with E-state index >= 15 is 0 Å². The third-order valence-electron chi connectivity index (χ3n) is 1.27. The Morgan fingerprint density at radius 3 is 1.73 bits per heavy atom. The largest absolute Gasteiger partial charge is 0.382 e. The first-order valence-electron chi connectivity index (χ1n) is 4.06. The summed E-state index contributed by atoms with van der Waals surface area (Å²) in [6.07, 6.45) is 0. The second kappa shape index (κ2) is 5.61. The van der Waals surface area contributed by atoms with Gasteiger partial charge in [0.05, 0.1) is 7.85 Å². The highest BCUT2D eigenvalue weighted by atomic mass is 16.5. The van der Waals surface area contributed by atoms with E-state index in [9.17, 15) is 0 Å². The van der Waals surface area contributed by atoms with Gasteiger partial charge in [-0.3, -0.25) is 0 Å². The highest BCUT2D eigenvalue weighted by Crippen LogP contribution is 2.20. The second-order valence-corrected chi connectivity index (χ2v) is 2.93. The van der Waals surface area contributed by atoms with Crippen LogP contribution in [0.25, 0.3) is 0 Å². The molecule has 0 aromatic carbocycles. The maximum absolute atomic E-state index is 5.84. The Balaban J connectivity index is 3.43. The normalized spacial score (nSPS) is 11.9. The van der Waals surface area contributed by atoms with Crippen LogP contribution in [-0.4, -0.2) is 34.3 Å². The van der Waals surface area contributed by atoms with Gasteiger partial charge in [0.25, 0.3) is 0 Å². The maximum Gasteiger partial charge on any atom is 0.0805 e. The fraction of sp³-hybridized carbons (Fsp3) is 1.00. The molecule has 0 heterocycles. The van der Waals surface area contributed by atoms with Crippen molar-refractivity contribution >= 4 is 7.85 Å². The Morgan fingerprint density at radius 1 is 1.09 bits per heavy atom. The quantitative estimate of drug-likeness (QED) is 0.541. The molecule has 0 spiro atoms. The Bertz CT molecular complexity index is 84.1. The molecule has 0 amide bonds. The van der Waals surface area contributed by atoms with Crippen LogP contribution >= 0.6 is 0 Å². The van der Waals surface area contributed by atoms with Crippen LogP contribution in [0.4, 0.5) is 0 Å². The second-order valence-electron chi connectivity index (χ2n) is 2.93. The molecule has 0 aliphatic rings. The van der Waals surface area contributed by atoms with Gasteiger partial charge in [-0.15, -0.1) is 0 Å². The van der Waals surface area contributed by atoms with E-state index in [-0.39, 0.29) is 5.31 Å². The van der Waals surface area contributed by atoms with Crippen molar-refractivity contribution in [3.05, 3.63) is 0 Å². The predicted molar refractivity (Wildman–Crippen MR) is 47.1 cm³/mol. The molecule has 0 N–H and O–H groups in total. The van der Waals surface area contributed by atoms with Gasteiger partial charge in [0.1, 0.15) is 0 Å². The zero-order valence-electron chi connectivity index (χ0n) is 7.72. The van der Waals surface area contributed by atoms with E-state index in [2.05, 4.69) is 0 Å². The minimum absolute atomic E-state index is 0.341. The van der Waals surface area contributed by atoms with Gasteiger partial charge in [-0.25, -0.2) is 0 Å². The van der Waals surface area contributed by atoms with Crippen molar-refractivity contribution in [3.63, 3.8) is 0 Å². The van der Waals surface area contributed by atoms with Gasteiger partial charge in [0.2, 0.25) is 0 Å². The summed E-state index contributed by atoms with van der Waals surface area (Å²) in [5, 5.41) is -0.341. The van der Waals surface area contributed by atoms with Crippen molar-refractivity contribution < 1.29 is 9.47 Å². The van der Waals surface area contributed by atoms with Crippen LogP contribution in [0.3, 0.4) is 0 Å². The van der Waals surface area contributed by atoms with Crippen LogP contribution in [0.2, 0.25) is 5.31 Å².